The van der Waals surface area contributed by atoms with Crippen LogP contribution in [0.2, 0.25) is 0 Å². The van der Waals surface area contributed by atoms with Gasteiger partial charge >= 0.3 is 0 Å². The molecule has 1 amide bonds. The minimum atomic E-state index is 0.00474. The highest BCUT2D eigenvalue weighted by atomic mass is 16.2. The van der Waals surface area contributed by atoms with Crippen molar-refractivity contribution >= 4 is 16.8 Å². The Bertz CT molecular complexity index is 814. The van der Waals surface area contributed by atoms with Crippen LogP contribution in [0.25, 0.3) is 10.9 Å². The second kappa shape index (κ2) is 6.40. The fourth-order valence-corrected chi connectivity index (χ4v) is 4.03. The second-order valence-electron chi connectivity index (χ2n) is 6.85. The van der Waals surface area contributed by atoms with Crippen LogP contribution in [0.1, 0.15) is 19.3 Å². The van der Waals surface area contributed by atoms with Crippen LogP contribution in [0.15, 0.2) is 41.3 Å². The lowest BCUT2D eigenvalue weighted by Gasteiger charge is -2.44. The maximum atomic E-state index is 12.8. The fourth-order valence-electron chi connectivity index (χ4n) is 4.03. The van der Waals surface area contributed by atoms with Crippen LogP contribution in [0, 0.1) is 0 Å². The summed E-state index contributed by atoms with van der Waals surface area (Å²) in [5.41, 5.74) is 0.833. The molecule has 1 atom stereocenters. The van der Waals surface area contributed by atoms with Gasteiger partial charge in [0.25, 0.3) is 0 Å². The number of rotatable bonds is 2. The summed E-state index contributed by atoms with van der Waals surface area (Å²) in [6.45, 7) is 4.12. The van der Waals surface area contributed by atoms with E-state index in [9.17, 15) is 9.59 Å². The first-order valence-electron chi connectivity index (χ1n) is 8.82. The minimum Gasteiger partial charge on any atom is -0.338 e. The lowest BCUT2D eigenvalue weighted by molar-refractivity contribution is -0.135. The van der Waals surface area contributed by atoms with Crippen LogP contribution in [-0.4, -0.2) is 52.5 Å². The molecular formula is C19H23N3O2. The number of hydrogen-bond donors (Lipinski definition) is 0. The molecule has 1 aromatic heterocycles. The van der Waals surface area contributed by atoms with E-state index in [4.69, 9.17) is 0 Å². The minimum absolute atomic E-state index is 0.00474. The van der Waals surface area contributed by atoms with Crippen molar-refractivity contribution in [2.45, 2.75) is 31.8 Å². The molecule has 2 saturated heterocycles. The first-order valence-corrected chi connectivity index (χ1v) is 8.82. The first kappa shape index (κ1) is 15.4. The predicted molar refractivity (Wildman–Crippen MR) is 94.0 cm³/mol. The molecular weight excluding hydrogens is 302 g/mol. The van der Waals surface area contributed by atoms with Crippen molar-refractivity contribution in [3.05, 3.63) is 46.8 Å². The normalized spacial score (nSPS) is 21.7. The molecule has 2 aliphatic heterocycles. The molecule has 2 aromatic rings. The maximum absolute atomic E-state index is 12.8. The van der Waals surface area contributed by atoms with Crippen LogP contribution in [0.4, 0.5) is 0 Å². The summed E-state index contributed by atoms with van der Waals surface area (Å²) in [5, 5.41) is 0.671. The quantitative estimate of drug-likeness (QED) is 0.844. The number of aromatic nitrogens is 1. The predicted octanol–water partition coefficient (Wildman–Crippen LogP) is 1.70. The highest BCUT2D eigenvalue weighted by Gasteiger charge is 2.30. The maximum Gasteiger partial charge on any atom is 0.242 e. The lowest BCUT2D eigenvalue weighted by atomic mass is 9.99. The molecule has 2 fully saturated rings. The Hall–Kier alpha value is -2.14. The largest absolute Gasteiger partial charge is 0.338 e. The number of nitrogens with zero attached hydrogens (tertiary/aromatic N) is 3. The Morgan fingerprint density at radius 1 is 1.08 bits per heavy atom. The fraction of sp³-hybridized carbons (Fsp3) is 0.474. The van der Waals surface area contributed by atoms with Crippen molar-refractivity contribution in [1.29, 1.82) is 0 Å². The Balaban J connectivity index is 1.52. The number of amides is 1. The van der Waals surface area contributed by atoms with Gasteiger partial charge in [0, 0.05) is 43.3 Å². The van der Waals surface area contributed by atoms with Crippen LogP contribution in [0.5, 0.6) is 0 Å². The van der Waals surface area contributed by atoms with E-state index < -0.39 is 0 Å². The third kappa shape index (κ3) is 2.84. The van der Waals surface area contributed by atoms with Crippen LogP contribution in [-0.2, 0) is 11.3 Å². The topological polar surface area (TPSA) is 45.6 Å². The van der Waals surface area contributed by atoms with E-state index >= 15 is 0 Å². The zero-order valence-corrected chi connectivity index (χ0v) is 13.9. The molecule has 3 heterocycles. The highest BCUT2D eigenvalue weighted by molar-refractivity contribution is 5.82. The van der Waals surface area contributed by atoms with E-state index in [1.165, 1.54) is 25.8 Å². The molecule has 0 unspecified atom stereocenters. The standard InChI is InChI=1S/C19H23N3O2/c23-18-8-10-21(17-7-2-1-6-16(17)18)14-19(24)22-12-11-20-9-4-3-5-15(20)13-22/h1-2,6-8,10,15H,3-5,9,11-14H2/t15-/m1/s1. The van der Waals surface area contributed by atoms with Gasteiger partial charge < -0.3 is 9.47 Å². The molecule has 0 bridgehead atoms. The number of carbonyl (C=O) groups excluding carboxylic acids is 1. The number of benzene rings is 1. The molecule has 5 nitrogen and oxygen atoms in total. The van der Waals surface area contributed by atoms with Crippen LogP contribution in [0.3, 0.4) is 0 Å². The van der Waals surface area contributed by atoms with Crippen molar-refractivity contribution in [2.24, 2.45) is 0 Å². The average Bonchev–Trinajstić information content (AvgIpc) is 2.64. The third-order valence-electron chi connectivity index (χ3n) is 5.38. The Morgan fingerprint density at radius 3 is 2.88 bits per heavy atom. The molecule has 5 heteroatoms. The summed E-state index contributed by atoms with van der Waals surface area (Å²) in [4.78, 5) is 29.3. The van der Waals surface area contributed by atoms with E-state index in [0.29, 0.717) is 18.0 Å². The third-order valence-corrected chi connectivity index (χ3v) is 5.38. The number of carbonyl (C=O) groups is 1. The van der Waals surface area contributed by atoms with E-state index in [0.717, 1.165) is 25.2 Å². The summed E-state index contributed by atoms with van der Waals surface area (Å²) >= 11 is 0. The molecule has 0 saturated carbocycles. The van der Waals surface area contributed by atoms with Gasteiger partial charge in [-0.1, -0.05) is 18.6 Å². The van der Waals surface area contributed by atoms with E-state index in [2.05, 4.69) is 4.90 Å². The molecule has 0 N–H and O–H groups in total. The van der Waals surface area contributed by atoms with Gasteiger partial charge in [-0.05, 0) is 31.5 Å². The molecule has 126 valence electrons. The SMILES string of the molecule is O=C(Cn1ccc(=O)c2ccccc21)N1CCN2CCCC[C@@H]2C1. The first-order chi connectivity index (χ1) is 11.7. The van der Waals surface area contributed by atoms with Gasteiger partial charge in [-0.15, -0.1) is 0 Å². The van der Waals surface area contributed by atoms with Gasteiger partial charge in [-0.3, -0.25) is 14.5 Å². The number of piperazine rings is 1. The zero-order chi connectivity index (χ0) is 16.5. The van der Waals surface area contributed by atoms with Gasteiger partial charge in [0.2, 0.25) is 5.91 Å². The van der Waals surface area contributed by atoms with Gasteiger partial charge in [0.05, 0.1) is 5.52 Å². The summed E-state index contributed by atoms with van der Waals surface area (Å²) in [6.07, 6.45) is 5.49. The van der Waals surface area contributed by atoms with Crippen molar-refractivity contribution in [3.8, 4) is 0 Å². The Morgan fingerprint density at radius 2 is 1.96 bits per heavy atom. The molecule has 24 heavy (non-hydrogen) atoms. The van der Waals surface area contributed by atoms with E-state index in [-0.39, 0.29) is 11.3 Å². The van der Waals surface area contributed by atoms with Gasteiger partial charge in [-0.2, -0.15) is 0 Å². The van der Waals surface area contributed by atoms with Gasteiger partial charge in [-0.25, -0.2) is 0 Å². The van der Waals surface area contributed by atoms with Crippen molar-refractivity contribution in [3.63, 3.8) is 0 Å². The summed E-state index contributed by atoms with van der Waals surface area (Å²) in [5.74, 6) is 0.147. The van der Waals surface area contributed by atoms with E-state index in [1.807, 2.05) is 33.7 Å². The zero-order valence-electron chi connectivity index (χ0n) is 13.9. The summed E-state index contributed by atoms with van der Waals surface area (Å²) < 4.78 is 1.90. The Kier molecular flexibility index (Phi) is 4.10. The number of para-hydroxylation sites is 1. The van der Waals surface area contributed by atoms with E-state index in [1.54, 1.807) is 12.3 Å². The van der Waals surface area contributed by atoms with Crippen LogP contribution < -0.4 is 5.43 Å². The summed E-state index contributed by atoms with van der Waals surface area (Å²) in [6, 6.07) is 9.57. The lowest BCUT2D eigenvalue weighted by Crippen LogP contribution is -2.56. The Labute approximate surface area is 141 Å². The second-order valence-corrected chi connectivity index (χ2v) is 6.85. The number of pyridine rings is 1. The smallest absolute Gasteiger partial charge is 0.242 e. The molecule has 0 spiro atoms. The van der Waals surface area contributed by atoms with Crippen LogP contribution >= 0.6 is 0 Å². The van der Waals surface area contributed by atoms with Gasteiger partial charge in [0.15, 0.2) is 5.43 Å². The molecule has 0 radical (unpaired) electrons. The molecule has 0 aliphatic carbocycles. The molecule has 1 aromatic carbocycles. The highest BCUT2D eigenvalue weighted by Crippen LogP contribution is 2.21. The number of piperidine rings is 1. The monoisotopic (exact) mass is 325 g/mol. The van der Waals surface area contributed by atoms with Crippen molar-refractivity contribution in [2.75, 3.05) is 26.2 Å². The number of hydrogen-bond acceptors (Lipinski definition) is 3. The summed E-state index contributed by atoms with van der Waals surface area (Å²) in [7, 11) is 0. The molecule has 2 aliphatic rings. The average molecular weight is 325 g/mol. The molecule has 4 rings (SSSR count). The number of fused-ring (bicyclic) bond motifs is 2. The van der Waals surface area contributed by atoms with Crippen molar-refractivity contribution < 1.29 is 4.79 Å². The van der Waals surface area contributed by atoms with Gasteiger partial charge in [0.1, 0.15) is 6.54 Å². The van der Waals surface area contributed by atoms with Crippen molar-refractivity contribution in [1.82, 2.24) is 14.4 Å².